The molecule has 2 heterocycles. The van der Waals surface area contributed by atoms with Crippen LogP contribution in [0.2, 0.25) is 0 Å². The van der Waals surface area contributed by atoms with Gasteiger partial charge in [0, 0.05) is 5.69 Å². The van der Waals surface area contributed by atoms with Crippen molar-refractivity contribution in [2.75, 3.05) is 5.32 Å². The summed E-state index contributed by atoms with van der Waals surface area (Å²) in [4.78, 5) is 15.4. The molecule has 1 aromatic heterocycles. The highest BCUT2D eigenvalue weighted by Gasteiger charge is 2.48. The van der Waals surface area contributed by atoms with Crippen LogP contribution in [0.15, 0.2) is 77.4 Å². The van der Waals surface area contributed by atoms with Gasteiger partial charge in [-0.1, -0.05) is 56.3 Å². The quantitative estimate of drug-likeness (QED) is 0.734. The summed E-state index contributed by atoms with van der Waals surface area (Å²) >= 11 is 0. The molecule has 1 aliphatic heterocycles. The number of nitrogens with zero attached hydrogens (tertiary/aromatic N) is 1. The van der Waals surface area contributed by atoms with Gasteiger partial charge < -0.3 is 14.6 Å². The minimum absolute atomic E-state index is 0.00769. The van der Waals surface area contributed by atoms with Crippen molar-refractivity contribution >= 4 is 11.6 Å². The van der Waals surface area contributed by atoms with E-state index in [0.717, 1.165) is 17.0 Å². The van der Waals surface area contributed by atoms with Crippen molar-refractivity contribution in [3.63, 3.8) is 0 Å². The maximum atomic E-state index is 13.5. The van der Waals surface area contributed by atoms with E-state index < -0.39 is 5.66 Å². The molecule has 2 aromatic carbocycles. The number of furan rings is 1. The standard InChI is InChI=1S/C22H22N2O2/c1-16(2)22(17-9-4-3-5-10-17)23-20-13-7-6-12-19(20)21(25)24(22)15-18-11-8-14-26-18/h3-14,16,23H,15H2,1-2H3. The highest BCUT2D eigenvalue weighted by atomic mass is 16.3. The monoisotopic (exact) mass is 346 g/mol. The molecule has 1 N–H and O–H groups in total. The van der Waals surface area contributed by atoms with Gasteiger partial charge in [-0.15, -0.1) is 0 Å². The first-order valence-corrected chi connectivity index (χ1v) is 8.90. The van der Waals surface area contributed by atoms with Crippen LogP contribution in [0.5, 0.6) is 0 Å². The van der Waals surface area contributed by atoms with Gasteiger partial charge in [0.25, 0.3) is 5.91 Å². The Kier molecular flexibility index (Phi) is 4.03. The zero-order chi connectivity index (χ0) is 18.1. The Morgan fingerprint density at radius 2 is 1.73 bits per heavy atom. The predicted molar refractivity (Wildman–Crippen MR) is 102 cm³/mol. The predicted octanol–water partition coefficient (Wildman–Crippen LogP) is 4.86. The third-order valence-corrected chi connectivity index (χ3v) is 5.10. The summed E-state index contributed by atoms with van der Waals surface area (Å²) in [5.41, 5.74) is 1.96. The summed E-state index contributed by atoms with van der Waals surface area (Å²) in [6.07, 6.45) is 1.64. The van der Waals surface area contributed by atoms with E-state index in [1.165, 1.54) is 0 Å². The molecule has 1 aliphatic rings. The second-order valence-electron chi connectivity index (χ2n) is 6.93. The largest absolute Gasteiger partial charge is 0.467 e. The minimum Gasteiger partial charge on any atom is -0.467 e. The number of nitrogens with one attached hydrogen (secondary N) is 1. The van der Waals surface area contributed by atoms with Crippen LogP contribution in [-0.4, -0.2) is 10.8 Å². The first kappa shape index (κ1) is 16.5. The lowest BCUT2D eigenvalue weighted by molar-refractivity contribution is 0.0294. The van der Waals surface area contributed by atoms with Gasteiger partial charge in [-0.05, 0) is 35.7 Å². The number of rotatable bonds is 4. The van der Waals surface area contributed by atoms with Crippen molar-refractivity contribution in [1.82, 2.24) is 4.90 Å². The Morgan fingerprint density at radius 3 is 2.42 bits per heavy atom. The Labute approximate surface area is 153 Å². The van der Waals surface area contributed by atoms with E-state index in [1.54, 1.807) is 6.26 Å². The van der Waals surface area contributed by atoms with Crippen LogP contribution in [0.25, 0.3) is 0 Å². The van der Waals surface area contributed by atoms with Gasteiger partial charge in [-0.3, -0.25) is 4.79 Å². The molecule has 4 heteroatoms. The normalized spacial score (nSPS) is 19.3. The van der Waals surface area contributed by atoms with Crippen LogP contribution in [0.4, 0.5) is 5.69 Å². The van der Waals surface area contributed by atoms with E-state index in [9.17, 15) is 4.79 Å². The molecule has 1 atom stereocenters. The summed E-state index contributed by atoms with van der Waals surface area (Å²) in [5, 5.41) is 3.68. The summed E-state index contributed by atoms with van der Waals surface area (Å²) in [5.74, 6) is 0.908. The molecular weight excluding hydrogens is 324 g/mol. The second kappa shape index (κ2) is 6.37. The molecule has 0 saturated heterocycles. The van der Waals surface area contributed by atoms with Gasteiger partial charge in [-0.25, -0.2) is 0 Å². The van der Waals surface area contributed by atoms with Gasteiger partial charge >= 0.3 is 0 Å². The molecule has 26 heavy (non-hydrogen) atoms. The van der Waals surface area contributed by atoms with Crippen molar-refractivity contribution in [2.24, 2.45) is 5.92 Å². The first-order valence-electron chi connectivity index (χ1n) is 8.90. The van der Waals surface area contributed by atoms with Gasteiger partial charge in [0.15, 0.2) is 0 Å². The molecular formula is C22H22N2O2. The zero-order valence-electron chi connectivity index (χ0n) is 15.0. The summed E-state index contributed by atoms with van der Waals surface area (Å²) in [6.45, 7) is 4.67. The molecule has 0 aliphatic carbocycles. The molecule has 132 valence electrons. The summed E-state index contributed by atoms with van der Waals surface area (Å²) in [6, 6.07) is 21.6. The fraction of sp³-hybridized carbons (Fsp3) is 0.227. The number of carbonyl (C=O) groups is 1. The van der Waals surface area contributed by atoms with Crippen LogP contribution < -0.4 is 5.32 Å². The van der Waals surface area contributed by atoms with Gasteiger partial charge in [0.1, 0.15) is 11.4 Å². The lowest BCUT2D eigenvalue weighted by Crippen LogP contribution is -2.60. The van der Waals surface area contributed by atoms with E-state index in [-0.39, 0.29) is 11.8 Å². The fourth-order valence-corrected chi connectivity index (χ4v) is 3.82. The van der Waals surface area contributed by atoms with Crippen molar-refractivity contribution in [2.45, 2.75) is 26.1 Å². The number of anilines is 1. The number of benzene rings is 2. The average Bonchev–Trinajstić information content (AvgIpc) is 3.18. The van der Waals surface area contributed by atoms with E-state index >= 15 is 0 Å². The topological polar surface area (TPSA) is 45.5 Å². The molecule has 1 amide bonds. The van der Waals surface area contributed by atoms with E-state index in [2.05, 4.69) is 31.3 Å². The Hall–Kier alpha value is -3.01. The third kappa shape index (κ3) is 2.49. The number of amides is 1. The van der Waals surface area contributed by atoms with Crippen molar-refractivity contribution < 1.29 is 9.21 Å². The van der Waals surface area contributed by atoms with Gasteiger partial charge in [-0.2, -0.15) is 0 Å². The minimum atomic E-state index is -0.653. The van der Waals surface area contributed by atoms with E-state index in [4.69, 9.17) is 4.42 Å². The lowest BCUT2D eigenvalue weighted by Gasteiger charge is -2.51. The molecule has 4 rings (SSSR count). The summed E-state index contributed by atoms with van der Waals surface area (Å²) in [7, 11) is 0. The Bertz CT molecular complexity index is 903. The molecule has 1 unspecified atom stereocenters. The number of fused-ring (bicyclic) bond motifs is 1. The Balaban J connectivity index is 1.92. The third-order valence-electron chi connectivity index (χ3n) is 5.10. The highest BCUT2D eigenvalue weighted by molar-refractivity contribution is 6.02. The van der Waals surface area contributed by atoms with E-state index in [1.807, 2.05) is 59.5 Å². The van der Waals surface area contributed by atoms with E-state index in [0.29, 0.717) is 12.1 Å². The van der Waals surface area contributed by atoms with Gasteiger partial charge in [0.2, 0.25) is 0 Å². The molecule has 3 aromatic rings. The number of hydrogen-bond donors (Lipinski definition) is 1. The Morgan fingerprint density at radius 1 is 1.00 bits per heavy atom. The number of hydrogen-bond acceptors (Lipinski definition) is 3. The number of carbonyl (C=O) groups excluding carboxylic acids is 1. The maximum absolute atomic E-state index is 13.5. The molecule has 0 radical (unpaired) electrons. The van der Waals surface area contributed by atoms with Crippen LogP contribution in [0.3, 0.4) is 0 Å². The van der Waals surface area contributed by atoms with Gasteiger partial charge in [0.05, 0.1) is 18.4 Å². The summed E-state index contributed by atoms with van der Waals surface area (Å²) < 4.78 is 5.56. The first-order chi connectivity index (χ1) is 12.6. The smallest absolute Gasteiger partial charge is 0.258 e. The van der Waals surface area contributed by atoms with Crippen molar-refractivity contribution in [1.29, 1.82) is 0 Å². The SMILES string of the molecule is CC(C)C1(c2ccccc2)Nc2ccccc2C(=O)N1Cc1ccco1. The van der Waals surface area contributed by atoms with Crippen molar-refractivity contribution in [3.8, 4) is 0 Å². The highest BCUT2D eigenvalue weighted by Crippen LogP contribution is 2.43. The molecule has 0 spiro atoms. The van der Waals surface area contributed by atoms with Crippen LogP contribution in [-0.2, 0) is 12.2 Å². The number of para-hydroxylation sites is 1. The van der Waals surface area contributed by atoms with Crippen LogP contribution in [0.1, 0.15) is 35.5 Å². The van der Waals surface area contributed by atoms with Crippen LogP contribution >= 0.6 is 0 Å². The average molecular weight is 346 g/mol. The molecule has 0 bridgehead atoms. The van der Waals surface area contributed by atoms with Crippen LogP contribution in [0, 0.1) is 5.92 Å². The molecule has 0 saturated carbocycles. The molecule has 4 nitrogen and oxygen atoms in total. The maximum Gasteiger partial charge on any atom is 0.258 e. The zero-order valence-corrected chi connectivity index (χ0v) is 15.0. The second-order valence-corrected chi connectivity index (χ2v) is 6.93. The molecule has 0 fully saturated rings. The fourth-order valence-electron chi connectivity index (χ4n) is 3.82. The van der Waals surface area contributed by atoms with Crippen molar-refractivity contribution in [3.05, 3.63) is 89.9 Å². The lowest BCUT2D eigenvalue weighted by atomic mass is 9.83.